The Bertz CT molecular complexity index is 1520. The van der Waals surface area contributed by atoms with Crippen molar-refractivity contribution in [3.63, 3.8) is 0 Å². The Labute approximate surface area is 223 Å². The molecule has 0 heterocycles. The van der Waals surface area contributed by atoms with Crippen LogP contribution >= 0.6 is 0 Å². The summed E-state index contributed by atoms with van der Waals surface area (Å²) in [7, 11) is 0. The van der Waals surface area contributed by atoms with Crippen molar-refractivity contribution >= 4 is 5.57 Å². The van der Waals surface area contributed by atoms with Gasteiger partial charge in [0.2, 0.25) is 0 Å². The van der Waals surface area contributed by atoms with Crippen LogP contribution < -0.4 is 0 Å². The van der Waals surface area contributed by atoms with Crippen molar-refractivity contribution in [3.8, 4) is 28.4 Å². The quantitative estimate of drug-likeness (QED) is 0.151. The number of aliphatic hydroxyl groups is 1. The monoisotopic (exact) mass is 504 g/mol. The molecule has 0 saturated heterocycles. The van der Waals surface area contributed by atoms with E-state index in [0.717, 1.165) is 39.0 Å². The molecule has 4 N–H and O–H groups in total. The van der Waals surface area contributed by atoms with Gasteiger partial charge >= 0.3 is 0 Å². The second-order valence-electron chi connectivity index (χ2n) is 9.57. The molecule has 192 valence electrons. The third-order valence-electron chi connectivity index (χ3n) is 6.89. The van der Waals surface area contributed by atoms with Crippen molar-refractivity contribution in [1.29, 1.82) is 0 Å². The van der Waals surface area contributed by atoms with Gasteiger partial charge in [-0.15, -0.1) is 0 Å². The van der Waals surface area contributed by atoms with Gasteiger partial charge in [-0.2, -0.15) is 0 Å². The molecule has 0 fully saturated rings. The van der Waals surface area contributed by atoms with Crippen LogP contribution in [0.5, 0.6) is 17.2 Å². The largest absolute Gasteiger partial charge is 0.508 e. The number of aliphatic hydroxyl groups excluding tert-OH is 1. The summed E-state index contributed by atoms with van der Waals surface area (Å²) in [5.41, 5.74) is 7.78. The fraction of sp³-hybridized carbons (Fsp3) is 0.118. The van der Waals surface area contributed by atoms with Crippen LogP contribution in [0, 0.1) is 13.8 Å². The Morgan fingerprint density at radius 3 is 1.95 bits per heavy atom. The zero-order chi connectivity index (χ0) is 27.4. The molecule has 0 aliphatic carbocycles. The van der Waals surface area contributed by atoms with Crippen LogP contribution in [0.15, 0.2) is 115 Å². The normalized spacial score (nSPS) is 12.8. The van der Waals surface area contributed by atoms with E-state index in [4.69, 9.17) is 0 Å². The smallest absolute Gasteiger partial charge is 0.119 e. The molecule has 1 unspecified atom stereocenters. The summed E-state index contributed by atoms with van der Waals surface area (Å²) < 4.78 is 0. The maximum Gasteiger partial charge on any atom is 0.119 e. The standard InChI is InChI=1S/C34H32O4/c1-21-5-7-28(19-23(21)3)34(24(4)32(37)17-6-22(2)25-8-13-29(35)14-9-25)31-20-27(12-18-33(31)38)26-10-15-30(36)16-11-26/h5-20,34-38H,4H2,1-3H3/b22-6+,32-17+. The summed E-state index contributed by atoms with van der Waals surface area (Å²) >= 11 is 0. The van der Waals surface area contributed by atoms with Crippen LogP contribution in [0.1, 0.15) is 40.7 Å². The highest BCUT2D eigenvalue weighted by Crippen LogP contribution is 2.41. The van der Waals surface area contributed by atoms with Crippen molar-refractivity contribution in [1.82, 2.24) is 0 Å². The molecular formula is C34H32O4. The van der Waals surface area contributed by atoms with Crippen LogP contribution in [-0.4, -0.2) is 20.4 Å². The number of allylic oxidation sites excluding steroid dienone is 4. The van der Waals surface area contributed by atoms with Crippen molar-refractivity contribution < 1.29 is 20.4 Å². The fourth-order valence-corrected chi connectivity index (χ4v) is 4.41. The van der Waals surface area contributed by atoms with Gasteiger partial charge in [-0.3, -0.25) is 0 Å². The van der Waals surface area contributed by atoms with Gasteiger partial charge in [0.15, 0.2) is 0 Å². The maximum absolute atomic E-state index is 11.1. The topological polar surface area (TPSA) is 80.9 Å². The summed E-state index contributed by atoms with van der Waals surface area (Å²) in [6.07, 6.45) is 3.41. The molecule has 0 spiro atoms. The van der Waals surface area contributed by atoms with Crippen LogP contribution in [0.3, 0.4) is 0 Å². The average molecular weight is 505 g/mol. The molecule has 0 saturated carbocycles. The molecule has 1 atom stereocenters. The van der Waals surface area contributed by atoms with Gasteiger partial charge in [0.25, 0.3) is 0 Å². The van der Waals surface area contributed by atoms with Crippen LogP contribution in [0.25, 0.3) is 16.7 Å². The van der Waals surface area contributed by atoms with E-state index >= 15 is 0 Å². The number of phenols is 3. The van der Waals surface area contributed by atoms with Crippen molar-refractivity contribution in [3.05, 3.63) is 143 Å². The molecule has 0 aliphatic heterocycles. The molecule has 4 heteroatoms. The van der Waals surface area contributed by atoms with E-state index in [9.17, 15) is 20.4 Å². The van der Waals surface area contributed by atoms with Gasteiger partial charge in [0.1, 0.15) is 23.0 Å². The first-order valence-electron chi connectivity index (χ1n) is 12.4. The van der Waals surface area contributed by atoms with Crippen molar-refractivity contribution in [2.24, 2.45) is 0 Å². The van der Waals surface area contributed by atoms with E-state index < -0.39 is 5.92 Å². The fourth-order valence-electron chi connectivity index (χ4n) is 4.41. The van der Waals surface area contributed by atoms with Crippen LogP contribution in [0.4, 0.5) is 0 Å². The summed E-state index contributed by atoms with van der Waals surface area (Å²) in [5, 5.41) is 41.4. The molecule has 0 bridgehead atoms. The Hall–Kier alpha value is -4.70. The molecule has 0 radical (unpaired) electrons. The minimum atomic E-state index is -0.509. The highest BCUT2D eigenvalue weighted by atomic mass is 16.3. The van der Waals surface area contributed by atoms with E-state index in [0.29, 0.717) is 11.1 Å². The predicted molar refractivity (Wildman–Crippen MR) is 155 cm³/mol. The molecule has 4 nitrogen and oxygen atoms in total. The van der Waals surface area contributed by atoms with Gasteiger partial charge in [0, 0.05) is 11.5 Å². The predicted octanol–water partition coefficient (Wildman–Crippen LogP) is 8.32. The Balaban J connectivity index is 1.79. The third-order valence-corrected chi connectivity index (χ3v) is 6.89. The molecule has 0 aromatic heterocycles. The van der Waals surface area contributed by atoms with Crippen LogP contribution in [0.2, 0.25) is 0 Å². The molecule has 38 heavy (non-hydrogen) atoms. The lowest BCUT2D eigenvalue weighted by Gasteiger charge is -2.23. The molecule has 4 rings (SSSR count). The number of hydrogen-bond acceptors (Lipinski definition) is 4. The number of aryl methyl sites for hydroxylation is 2. The zero-order valence-electron chi connectivity index (χ0n) is 21.8. The van der Waals surface area contributed by atoms with Crippen molar-refractivity contribution in [2.45, 2.75) is 26.7 Å². The summed E-state index contributed by atoms with van der Waals surface area (Å²) in [5.74, 6) is -0.0370. The first-order chi connectivity index (χ1) is 18.1. The highest BCUT2D eigenvalue weighted by Gasteiger charge is 2.24. The molecule has 4 aromatic rings. The molecular weight excluding hydrogens is 472 g/mol. The minimum absolute atomic E-state index is 0.000734. The number of hydrogen-bond donors (Lipinski definition) is 4. The summed E-state index contributed by atoms with van der Waals surface area (Å²) in [4.78, 5) is 0. The van der Waals surface area contributed by atoms with Crippen molar-refractivity contribution in [2.75, 3.05) is 0 Å². The number of benzene rings is 4. The van der Waals surface area contributed by atoms with Gasteiger partial charge in [-0.05, 0) is 108 Å². The summed E-state index contributed by atoms with van der Waals surface area (Å²) in [6.45, 7) is 10.3. The second-order valence-corrected chi connectivity index (χ2v) is 9.57. The lowest BCUT2D eigenvalue weighted by molar-refractivity contribution is 0.416. The van der Waals surface area contributed by atoms with E-state index in [1.165, 1.54) is 0 Å². The molecule has 4 aromatic carbocycles. The Morgan fingerprint density at radius 1 is 0.711 bits per heavy atom. The summed E-state index contributed by atoms with van der Waals surface area (Å²) in [6, 6.07) is 25.2. The average Bonchev–Trinajstić information content (AvgIpc) is 2.91. The molecule has 0 aliphatic rings. The Morgan fingerprint density at radius 2 is 1.32 bits per heavy atom. The number of aromatic hydroxyl groups is 3. The minimum Gasteiger partial charge on any atom is -0.508 e. The van der Waals surface area contributed by atoms with Crippen LogP contribution in [-0.2, 0) is 0 Å². The zero-order valence-corrected chi connectivity index (χ0v) is 21.8. The van der Waals surface area contributed by atoms with Gasteiger partial charge in [-0.1, -0.05) is 61.2 Å². The SMILES string of the molecule is C=C(/C(O)=C\C=C(/C)c1ccc(O)cc1)C(c1ccc(C)c(C)c1)c1cc(-c2ccc(O)cc2)ccc1O. The first-order valence-corrected chi connectivity index (χ1v) is 12.4. The lowest BCUT2D eigenvalue weighted by Crippen LogP contribution is -2.08. The maximum atomic E-state index is 11.1. The first kappa shape index (κ1) is 26.4. The van der Waals surface area contributed by atoms with Gasteiger partial charge < -0.3 is 20.4 Å². The highest BCUT2D eigenvalue weighted by molar-refractivity contribution is 5.69. The van der Waals surface area contributed by atoms with Gasteiger partial charge in [0.05, 0.1) is 0 Å². The van der Waals surface area contributed by atoms with E-state index in [1.807, 2.05) is 69.3 Å². The Kier molecular flexibility index (Phi) is 7.73. The lowest BCUT2D eigenvalue weighted by atomic mass is 9.82. The van der Waals surface area contributed by atoms with Gasteiger partial charge in [-0.25, -0.2) is 0 Å². The third kappa shape index (κ3) is 5.81. The number of phenolic OH excluding ortho intramolecular Hbond substituents is 3. The van der Waals surface area contributed by atoms with E-state index in [2.05, 4.69) is 12.6 Å². The number of rotatable bonds is 7. The second kappa shape index (κ2) is 11.1. The molecule has 0 amide bonds. The van der Waals surface area contributed by atoms with E-state index in [-0.39, 0.29) is 23.0 Å². The van der Waals surface area contributed by atoms with E-state index in [1.54, 1.807) is 42.5 Å².